The van der Waals surface area contributed by atoms with E-state index < -0.39 is 10.0 Å². The number of hydrogen-bond acceptors (Lipinski definition) is 6. The van der Waals surface area contributed by atoms with Crippen LogP contribution in [0.1, 0.15) is 12.8 Å². The number of nitrogens with one attached hydrogen (secondary N) is 1. The van der Waals surface area contributed by atoms with E-state index in [0.29, 0.717) is 45.0 Å². The Morgan fingerprint density at radius 2 is 1.83 bits per heavy atom. The lowest BCUT2D eigenvalue weighted by Crippen LogP contribution is -2.59. The zero-order valence-corrected chi connectivity index (χ0v) is 13.9. The summed E-state index contributed by atoms with van der Waals surface area (Å²) in [6.45, 7) is 2.15. The molecule has 3 rings (SSSR count). The third kappa shape index (κ3) is 3.78. The van der Waals surface area contributed by atoms with Gasteiger partial charge in [-0.05, 0) is 18.9 Å². The second-order valence-electron chi connectivity index (χ2n) is 6.09. The fraction of sp³-hybridized carbons (Fsp3) is 0.643. The number of carbonyl (C=O) groups excluding carboxylic acids is 1. The van der Waals surface area contributed by atoms with Gasteiger partial charge >= 0.3 is 0 Å². The van der Waals surface area contributed by atoms with Crippen LogP contribution in [0.15, 0.2) is 18.5 Å². The van der Waals surface area contributed by atoms with Crippen LogP contribution in [-0.2, 0) is 14.8 Å². The van der Waals surface area contributed by atoms with Crippen molar-refractivity contribution in [1.29, 1.82) is 0 Å². The molecular weight excluding hydrogens is 318 g/mol. The summed E-state index contributed by atoms with van der Waals surface area (Å²) in [4.78, 5) is 22.5. The van der Waals surface area contributed by atoms with E-state index in [0.717, 1.165) is 0 Å². The Hall–Kier alpha value is -1.74. The first-order valence-corrected chi connectivity index (χ1v) is 9.56. The standard InChI is InChI=1S/C14H21N5O3S/c1-23(21,22)19-7-3-11(4-8-19)13(20)18-9-12(10-18)17-14-15-5-2-6-16-14/h2,5-6,11-12H,3-4,7-10H2,1H3,(H,15,16,17). The summed E-state index contributed by atoms with van der Waals surface area (Å²) < 4.78 is 24.4. The first kappa shape index (κ1) is 16.1. The normalized spacial score (nSPS) is 21.0. The SMILES string of the molecule is CS(=O)(=O)N1CCC(C(=O)N2CC(Nc3ncccn3)C2)CC1. The van der Waals surface area contributed by atoms with Crippen LogP contribution in [0.5, 0.6) is 0 Å². The molecule has 2 fully saturated rings. The largest absolute Gasteiger partial charge is 0.348 e. The van der Waals surface area contributed by atoms with Crippen LogP contribution in [0, 0.1) is 5.92 Å². The number of nitrogens with zero attached hydrogens (tertiary/aromatic N) is 4. The molecule has 3 heterocycles. The highest BCUT2D eigenvalue weighted by Crippen LogP contribution is 2.24. The van der Waals surface area contributed by atoms with E-state index in [9.17, 15) is 13.2 Å². The Morgan fingerprint density at radius 3 is 2.39 bits per heavy atom. The Labute approximate surface area is 136 Å². The molecule has 1 aromatic heterocycles. The molecule has 1 N–H and O–H groups in total. The van der Waals surface area contributed by atoms with Crippen molar-refractivity contribution in [2.24, 2.45) is 5.92 Å². The van der Waals surface area contributed by atoms with E-state index in [1.807, 2.05) is 4.90 Å². The van der Waals surface area contributed by atoms with E-state index in [2.05, 4.69) is 15.3 Å². The number of likely N-dealkylation sites (tertiary alicyclic amines) is 1. The van der Waals surface area contributed by atoms with Crippen LogP contribution < -0.4 is 5.32 Å². The molecule has 1 aromatic rings. The summed E-state index contributed by atoms with van der Waals surface area (Å²) in [5.41, 5.74) is 0. The van der Waals surface area contributed by atoms with Crippen molar-refractivity contribution in [3.63, 3.8) is 0 Å². The van der Waals surface area contributed by atoms with E-state index in [4.69, 9.17) is 0 Å². The van der Waals surface area contributed by atoms with E-state index in [1.54, 1.807) is 18.5 Å². The zero-order valence-electron chi connectivity index (χ0n) is 13.1. The fourth-order valence-corrected chi connectivity index (χ4v) is 3.87. The van der Waals surface area contributed by atoms with Crippen molar-refractivity contribution in [3.8, 4) is 0 Å². The molecule has 1 amide bonds. The second kappa shape index (κ2) is 6.40. The number of anilines is 1. The van der Waals surface area contributed by atoms with Gasteiger partial charge in [-0.25, -0.2) is 22.7 Å². The number of rotatable bonds is 4. The zero-order chi connectivity index (χ0) is 16.4. The smallest absolute Gasteiger partial charge is 0.225 e. The molecule has 0 bridgehead atoms. The second-order valence-corrected chi connectivity index (χ2v) is 8.08. The van der Waals surface area contributed by atoms with Gasteiger partial charge in [0.1, 0.15) is 0 Å². The summed E-state index contributed by atoms with van der Waals surface area (Å²) in [7, 11) is -3.15. The first-order chi connectivity index (χ1) is 10.9. The number of piperidine rings is 1. The maximum Gasteiger partial charge on any atom is 0.225 e. The average molecular weight is 339 g/mol. The molecular formula is C14H21N5O3S. The van der Waals surface area contributed by atoms with Crippen LogP contribution in [0.25, 0.3) is 0 Å². The number of carbonyl (C=O) groups is 1. The Kier molecular flexibility index (Phi) is 4.49. The molecule has 0 saturated carbocycles. The topological polar surface area (TPSA) is 95.5 Å². The summed E-state index contributed by atoms with van der Waals surface area (Å²) in [6, 6.07) is 1.93. The predicted octanol–water partition coefficient (Wildman–Crippen LogP) is -0.229. The monoisotopic (exact) mass is 339 g/mol. The van der Waals surface area contributed by atoms with Gasteiger partial charge in [0.2, 0.25) is 21.9 Å². The van der Waals surface area contributed by atoms with Crippen molar-refractivity contribution in [1.82, 2.24) is 19.2 Å². The van der Waals surface area contributed by atoms with Crippen LogP contribution in [0.4, 0.5) is 5.95 Å². The maximum absolute atomic E-state index is 12.4. The van der Waals surface area contributed by atoms with Gasteiger partial charge in [-0.1, -0.05) is 0 Å². The van der Waals surface area contributed by atoms with Gasteiger partial charge in [-0.2, -0.15) is 0 Å². The molecule has 23 heavy (non-hydrogen) atoms. The van der Waals surface area contributed by atoms with E-state index in [-0.39, 0.29) is 17.9 Å². The van der Waals surface area contributed by atoms with Gasteiger partial charge in [0.15, 0.2) is 0 Å². The average Bonchev–Trinajstić information content (AvgIpc) is 2.50. The molecule has 0 spiro atoms. The minimum Gasteiger partial charge on any atom is -0.348 e. The third-order valence-corrected chi connectivity index (χ3v) is 5.67. The molecule has 8 nitrogen and oxygen atoms in total. The fourth-order valence-electron chi connectivity index (χ4n) is 3.00. The summed E-state index contributed by atoms with van der Waals surface area (Å²) in [5, 5.41) is 3.19. The minimum atomic E-state index is -3.15. The lowest BCUT2D eigenvalue weighted by molar-refractivity contribution is -0.140. The Morgan fingerprint density at radius 1 is 1.22 bits per heavy atom. The highest BCUT2D eigenvalue weighted by Gasteiger charge is 2.37. The van der Waals surface area contributed by atoms with Gasteiger partial charge in [-0.15, -0.1) is 0 Å². The van der Waals surface area contributed by atoms with Gasteiger partial charge in [0.05, 0.1) is 12.3 Å². The lowest BCUT2D eigenvalue weighted by Gasteiger charge is -2.42. The number of hydrogen-bond donors (Lipinski definition) is 1. The third-order valence-electron chi connectivity index (χ3n) is 4.36. The number of aromatic nitrogens is 2. The van der Waals surface area contributed by atoms with Gasteiger partial charge in [0.25, 0.3) is 0 Å². The molecule has 0 radical (unpaired) electrons. The molecule has 2 aliphatic rings. The van der Waals surface area contributed by atoms with Gasteiger partial charge in [-0.3, -0.25) is 4.79 Å². The molecule has 0 unspecified atom stereocenters. The molecule has 2 aliphatic heterocycles. The quantitative estimate of drug-likeness (QED) is 0.814. The summed E-state index contributed by atoms with van der Waals surface area (Å²) in [6.07, 6.45) is 5.76. The van der Waals surface area contributed by atoms with Crippen LogP contribution in [0.2, 0.25) is 0 Å². The maximum atomic E-state index is 12.4. The molecule has 0 atom stereocenters. The Balaban J connectivity index is 1.45. The highest BCUT2D eigenvalue weighted by atomic mass is 32.2. The molecule has 9 heteroatoms. The highest BCUT2D eigenvalue weighted by molar-refractivity contribution is 7.88. The van der Waals surface area contributed by atoms with Crippen LogP contribution in [0.3, 0.4) is 0 Å². The summed E-state index contributed by atoms with van der Waals surface area (Å²) >= 11 is 0. The van der Waals surface area contributed by atoms with E-state index >= 15 is 0 Å². The van der Waals surface area contributed by atoms with Crippen molar-refractivity contribution in [2.75, 3.05) is 37.8 Å². The molecule has 126 valence electrons. The van der Waals surface area contributed by atoms with Gasteiger partial charge in [0, 0.05) is 44.5 Å². The minimum absolute atomic E-state index is 0.0677. The Bertz CT molecular complexity index is 652. The molecule has 0 aliphatic carbocycles. The predicted molar refractivity (Wildman–Crippen MR) is 85.2 cm³/mol. The number of amides is 1. The van der Waals surface area contributed by atoms with Crippen molar-refractivity contribution < 1.29 is 13.2 Å². The lowest BCUT2D eigenvalue weighted by atomic mass is 9.94. The first-order valence-electron chi connectivity index (χ1n) is 7.71. The van der Waals surface area contributed by atoms with Gasteiger partial charge < -0.3 is 10.2 Å². The van der Waals surface area contributed by atoms with Crippen LogP contribution in [-0.4, -0.2) is 72.0 Å². The number of sulfonamides is 1. The van der Waals surface area contributed by atoms with Crippen molar-refractivity contribution in [2.45, 2.75) is 18.9 Å². The van der Waals surface area contributed by atoms with E-state index in [1.165, 1.54) is 10.6 Å². The summed E-state index contributed by atoms with van der Waals surface area (Å²) in [5.74, 6) is 0.637. The van der Waals surface area contributed by atoms with Crippen LogP contribution >= 0.6 is 0 Å². The molecule has 2 saturated heterocycles. The van der Waals surface area contributed by atoms with Crippen molar-refractivity contribution >= 4 is 21.9 Å². The van der Waals surface area contributed by atoms with Crippen molar-refractivity contribution in [3.05, 3.63) is 18.5 Å². The molecule has 0 aromatic carbocycles.